The first-order valence-electron chi connectivity index (χ1n) is 21.3. The first kappa shape index (κ1) is 47.8. The van der Waals surface area contributed by atoms with Gasteiger partial charge in [-0.1, -0.05) is 73.6 Å². The van der Waals surface area contributed by atoms with Gasteiger partial charge in [0.2, 0.25) is 0 Å². The third kappa shape index (κ3) is 13.1. The molecule has 324 valence electrons. The standard InChI is InChI=1S/C43H69F6NO4S2/c1-5-22-41(42(44,45)46,43(47,48)49)54-28-14-27-53-39-20-19-38-37-17-15-33-32-34(16-18-35(33)36(37)21-23-40(38,39)2)52-29-25-50(3)24-10-6-8-12-30-55-56-31-13-9-7-11-26-51-4/h16,18,32,36-39H,5-15,17,19-31H2,1-4H3. The summed E-state index contributed by atoms with van der Waals surface area (Å²) in [5.74, 6) is 4.94. The van der Waals surface area contributed by atoms with E-state index in [0.29, 0.717) is 24.4 Å². The highest BCUT2D eigenvalue weighted by atomic mass is 33.1. The lowest BCUT2D eigenvalue weighted by Crippen LogP contribution is -2.58. The summed E-state index contributed by atoms with van der Waals surface area (Å²) >= 11 is 0. The third-order valence-electron chi connectivity index (χ3n) is 12.8. The molecule has 0 spiro atoms. The minimum absolute atomic E-state index is 0.0226. The predicted octanol–water partition coefficient (Wildman–Crippen LogP) is 12.5. The second kappa shape index (κ2) is 23.2. The van der Waals surface area contributed by atoms with E-state index in [1.54, 1.807) is 7.11 Å². The van der Waals surface area contributed by atoms with Crippen molar-refractivity contribution >= 4 is 21.6 Å². The van der Waals surface area contributed by atoms with Crippen LogP contribution in [0.1, 0.15) is 134 Å². The molecule has 0 heterocycles. The molecule has 1 aromatic carbocycles. The summed E-state index contributed by atoms with van der Waals surface area (Å²) in [6.45, 7) is 6.53. The van der Waals surface area contributed by atoms with Gasteiger partial charge in [-0.05, 0) is 137 Å². The van der Waals surface area contributed by atoms with Gasteiger partial charge in [0.1, 0.15) is 12.4 Å². The van der Waals surface area contributed by atoms with Crippen LogP contribution in [0.25, 0.3) is 0 Å². The first-order chi connectivity index (χ1) is 26.8. The van der Waals surface area contributed by atoms with E-state index in [0.717, 1.165) is 64.0 Å². The molecule has 0 radical (unpaired) electrons. The smallest absolute Gasteiger partial charge is 0.426 e. The maximum atomic E-state index is 13.6. The van der Waals surface area contributed by atoms with Crippen LogP contribution in [0.3, 0.4) is 0 Å². The van der Waals surface area contributed by atoms with Crippen LogP contribution >= 0.6 is 21.6 Å². The molecule has 3 aliphatic rings. The van der Waals surface area contributed by atoms with E-state index in [2.05, 4.69) is 41.8 Å². The number of aryl methyl sites for hydroxylation is 1. The van der Waals surface area contributed by atoms with E-state index >= 15 is 0 Å². The minimum atomic E-state index is -5.54. The van der Waals surface area contributed by atoms with Gasteiger partial charge in [0.05, 0.1) is 12.7 Å². The quantitative estimate of drug-likeness (QED) is 0.0496. The summed E-state index contributed by atoms with van der Waals surface area (Å²) < 4.78 is 104. The second-order valence-electron chi connectivity index (χ2n) is 16.6. The van der Waals surface area contributed by atoms with Crippen LogP contribution in [0.5, 0.6) is 5.75 Å². The lowest BCUT2D eigenvalue weighted by molar-refractivity contribution is -0.383. The number of halogens is 6. The molecule has 4 rings (SSSR count). The SMILES string of the molecule is CCCC(OCCCOC1CCC2C3CCc4cc(OCCN(C)CCCCCCSSCCCCCCOC)ccc4C3CCC12C)(C(F)(F)F)C(F)(F)F. The van der Waals surface area contributed by atoms with E-state index in [1.165, 1.54) is 80.9 Å². The van der Waals surface area contributed by atoms with Crippen molar-refractivity contribution < 1.29 is 45.3 Å². The molecule has 13 heteroatoms. The number of rotatable bonds is 27. The number of alkyl halides is 6. The molecule has 0 aromatic heterocycles. The van der Waals surface area contributed by atoms with Gasteiger partial charge in [0.15, 0.2) is 0 Å². The fraction of sp³-hybridized carbons (Fsp3) is 0.860. The van der Waals surface area contributed by atoms with Gasteiger partial charge in [-0.2, -0.15) is 26.3 Å². The van der Waals surface area contributed by atoms with E-state index < -0.39 is 31.0 Å². The van der Waals surface area contributed by atoms with E-state index in [4.69, 9.17) is 14.2 Å². The van der Waals surface area contributed by atoms with Crippen LogP contribution in [-0.2, 0) is 20.6 Å². The maximum Gasteiger partial charge on any atom is 0.426 e. The molecule has 0 aliphatic heterocycles. The van der Waals surface area contributed by atoms with Gasteiger partial charge < -0.3 is 23.8 Å². The van der Waals surface area contributed by atoms with E-state index in [1.807, 2.05) is 21.6 Å². The normalized spacial score (nSPS) is 24.0. The summed E-state index contributed by atoms with van der Waals surface area (Å²) in [6, 6.07) is 6.65. The molecule has 1 aromatic rings. The summed E-state index contributed by atoms with van der Waals surface area (Å²) in [5.41, 5.74) is -1.37. The first-order valence-corrected chi connectivity index (χ1v) is 23.8. The van der Waals surface area contributed by atoms with Crippen molar-refractivity contribution in [1.82, 2.24) is 4.90 Å². The average Bonchev–Trinajstić information content (AvgIpc) is 3.49. The molecule has 5 nitrogen and oxygen atoms in total. The summed E-state index contributed by atoms with van der Waals surface area (Å²) in [5, 5.41) is 0. The topological polar surface area (TPSA) is 40.2 Å². The minimum Gasteiger partial charge on any atom is -0.492 e. The molecular formula is C43H69F6NO4S2. The number of hydrogen-bond donors (Lipinski definition) is 0. The van der Waals surface area contributed by atoms with Crippen molar-refractivity contribution in [2.75, 3.05) is 65.2 Å². The molecule has 0 saturated heterocycles. The molecule has 0 bridgehead atoms. The van der Waals surface area contributed by atoms with Crippen molar-refractivity contribution in [2.45, 2.75) is 153 Å². The van der Waals surface area contributed by atoms with Crippen LogP contribution in [0.2, 0.25) is 0 Å². The van der Waals surface area contributed by atoms with Crippen molar-refractivity contribution in [3.05, 3.63) is 29.3 Å². The zero-order valence-corrected chi connectivity index (χ0v) is 36.0. The molecule has 2 saturated carbocycles. The number of ether oxygens (including phenoxy) is 4. The summed E-state index contributed by atoms with van der Waals surface area (Å²) in [6.07, 6.45) is 3.56. The number of hydrogen-bond acceptors (Lipinski definition) is 7. The Labute approximate surface area is 341 Å². The van der Waals surface area contributed by atoms with Crippen LogP contribution in [0, 0.1) is 17.3 Å². The summed E-state index contributed by atoms with van der Waals surface area (Å²) in [4.78, 5) is 2.37. The van der Waals surface area contributed by atoms with Gasteiger partial charge >= 0.3 is 12.4 Å². The Kier molecular flexibility index (Phi) is 19.8. The Hall–Kier alpha value is -0.860. The molecule has 2 fully saturated rings. The Morgan fingerprint density at radius 3 is 2.16 bits per heavy atom. The molecule has 3 aliphatic carbocycles. The van der Waals surface area contributed by atoms with Crippen LogP contribution in [-0.4, -0.2) is 94.1 Å². The molecule has 5 atom stereocenters. The number of methoxy groups -OCH3 is 1. The predicted molar refractivity (Wildman–Crippen MR) is 218 cm³/mol. The zero-order valence-electron chi connectivity index (χ0n) is 34.4. The number of likely N-dealkylation sites (N-methyl/N-ethyl adjacent to an activating group) is 1. The van der Waals surface area contributed by atoms with Gasteiger partial charge in [0, 0.05) is 38.4 Å². The van der Waals surface area contributed by atoms with E-state index in [-0.39, 0.29) is 31.0 Å². The number of unbranched alkanes of at least 4 members (excludes halogenated alkanes) is 6. The van der Waals surface area contributed by atoms with Crippen molar-refractivity contribution in [3.8, 4) is 5.75 Å². The highest BCUT2D eigenvalue weighted by Gasteiger charge is 2.71. The Balaban J connectivity index is 1.12. The van der Waals surface area contributed by atoms with Crippen molar-refractivity contribution in [2.24, 2.45) is 17.3 Å². The maximum absolute atomic E-state index is 13.6. The monoisotopic (exact) mass is 841 g/mol. The fourth-order valence-electron chi connectivity index (χ4n) is 9.64. The Morgan fingerprint density at radius 1 is 0.786 bits per heavy atom. The van der Waals surface area contributed by atoms with Crippen LogP contribution in [0.15, 0.2) is 18.2 Å². The number of fused-ring (bicyclic) bond motifs is 5. The molecular weight excluding hydrogens is 773 g/mol. The van der Waals surface area contributed by atoms with Gasteiger partial charge in [-0.25, -0.2) is 0 Å². The van der Waals surface area contributed by atoms with Crippen molar-refractivity contribution in [1.29, 1.82) is 0 Å². The summed E-state index contributed by atoms with van der Waals surface area (Å²) in [7, 11) is 8.00. The Morgan fingerprint density at radius 2 is 1.48 bits per heavy atom. The highest BCUT2D eigenvalue weighted by Crippen LogP contribution is 2.61. The molecule has 0 amide bonds. The molecule has 56 heavy (non-hydrogen) atoms. The number of benzene rings is 1. The van der Waals surface area contributed by atoms with Crippen LogP contribution < -0.4 is 4.74 Å². The highest BCUT2D eigenvalue weighted by molar-refractivity contribution is 8.76. The lowest BCUT2D eigenvalue weighted by atomic mass is 9.55. The van der Waals surface area contributed by atoms with Gasteiger partial charge in [-0.15, -0.1) is 0 Å². The van der Waals surface area contributed by atoms with Gasteiger partial charge in [0.25, 0.3) is 5.60 Å². The average molecular weight is 842 g/mol. The molecule has 5 unspecified atom stereocenters. The largest absolute Gasteiger partial charge is 0.492 e. The third-order valence-corrected chi connectivity index (χ3v) is 15.3. The molecule has 0 N–H and O–H groups in total. The van der Waals surface area contributed by atoms with E-state index in [9.17, 15) is 26.3 Å². The second-order valence-corrected chi connectivity index (χ2v) is 19.4. The lowest BCUT2D eigenvalue weighted by Gasteiger charge is -2.50. The Bertz CT molecular complexity index is 1260. The fourth-order valence-corrected chi connectivity index (χ4v) is 11.9. The van der Waals surface area contributed by atoms with Crippen molar-refractivity contribution in [3.63, 3.8) is 0 Å². The van der Waals surface area contributed by atoms with Gasteiger partial charge in [-0.3, -0.25) is 0 Å². The zero-order chi connectivity index (χ0) is 40.7. The number of nitrogens with zero attached hydrogens (tertiary/aromatic N) is 1. The van der Waals surface area contributed by atoms with Crippen LogP contribution in [0.4, 0.5) is 26.3 Å².